The molecule has 2 aromatic carbocycles. The van der Waals surface area contributed by atoms with Gasteiger partial charge < -0.3 is 9.52 Å². The Labute approximate surface area is 314 Å². The Kier molecular flexibility index (Phi) is 12.3. The summed E-state index contributed by atoms with van der Waals surface area (Å²) < 4.78 is 6.72. The summed E-state index contributed by atoms with van der Waals surface area (Å²) in [5.41, 5.74) is 4.52. The number of rotatable bonds is 9. The Balaban J connectivity index is 0.000000269. The Bertz CT molecular complexity index is 2130. The molecule has 0 atom stereocenters. The Morgan fingerprint density at radius 2 is 1.50 bits per heavy atom. The largest absolute Gasteiger partial charge is 0.512 e. The number of hydrogen-bond donors (Lipinski definition) is 1. The van der Waals surface area contributed by atoms with Crippen LogP contribution in [-0.4, -0.2) is 20.9 Å². The summed E-state index contributed by atoms with van der Waals surface area (Å²) >= 11 is 1.77. The number of furan rings is 1. The van der Waals surface area contributed by atoms with Gasteiger partial charge in [0.25, 0.3) is 0 Å². The van der Waals surface area contributed by atoms with Gasteiger partial charge >= 0.3 is 0 Å². The molecule has 6 aromatic rings. The van der Waals surface area contributed by atoms with Crippen LogP contribution < -0.4 is 0 Å². The fourth-order valence-corrected chi connectivity index (χ4v) is 7.16. The third kappa shape index (κ3) is 7.81. The maximum absolute atomic E-state index is 12.2. The average Bonchev–Trinajstić information content (AvgIpc) is 3.78. The van der Waals surface area contributed by atoms with Gasteiger partial charge in [-0.05, 0) is 60.7 Å². The SMILES string of the molecule is CC(C)(C)c1cc(-c2nccc3sc(-c4ccnc5occc45)cc23)[c-]c2ccccc12.CCC(C)(CC)C(=O)/C=C(\O)C(C)(CC)CC.[Ir]. The molecule has 0 aliphatic heterocycles. The first-order chi connectivity index (χ1) is 23.3. The van der Waals surface area contributed by atoms with E-state index in [1.54, 1.807) is 23.8 Å². The number of hydrogen-bond acceptors (Lipinski definition) is 6. The monoisotopic (exact) mass is 866 g/mol. The van der Waals surface area contributed by atoms with Crippen molar-refractivity contribution in [1.29, 1.82) is 0 Å². The van der Waals surface area contributed by atoms with Crippen molar-refractivity contribution in [1.82, 2.24) is 9.97 Å². The van der Waals surface area contributed by atoms with Gasteiger partial charge in [-0.15, -0.1) is 40.5 Å². The third-order valence-electron chi connectivity index (χ3n) is 10.5. The van der Waals surface area contributed by atoms with Crippen LogP contribution in [0.1, 0.15) is 93.6 Å². The minimum Gasteiger partial charge on any atom is -0.512 e. The van der Waals surface area contributed by atoms with Crippen LogP contribution in [0, 0.1) is 16.9 Å². The van der Waals surface area contributed by atoms with Crippen LogP contribution in [0.15, 0.2) is 89.5 Å². The van der Waals surface area contributed by atoms with Gasteiger partial charge in [-0.1, -0.05) is 91.5 Å². The molecule has 265 valence electrons. The van der Waals surface area contributed by atoms with Crippen LogP contribution >= 0.6 is 11.3 Å². The van der Waals surface area contributed by atoms with Gasteiger partial charge in [0.05, 0.1) is 6.26 Å². The van der Waals surface area contributed by atoms with Gasteiger partial charge in [0.15, 0.2) is 5.78 Å². The zero-order chi connectivity index (χ0) is 35.6. The van der Waals surface area contributed by atoms with Crippen molar-refractivity contribution in [3.8, 4) is 21.7 Å². The number of thiophene rings is 1. The quantitative estimate of drug-likeness (QED) is 0.0890. The van der Waals surface area contributed by atoms with E-state index >= 15 is 0 Å². The van der Waals surface area contributed by atoms with E-state index in [4.69, 9.17) is 9.40 Å². The summed E-state index contributed by atoms with van der Waals surface area (Å²) in [7, 11) is 0. The van der Waals surface area contributed by atoms with E-state index in [1.807, 2.05) is 53.8 Å². The van der Waals surface area contributed by atoms with Crippen LogP contribution in [0.25, 0.3) is 53.7 Å². The fourth-order valence-electron chi connectivity index (χ4n) is 6.06. The normalized spacial score (nSPS) is 12.5. The molecule has 0 unspecified atom stereocenters. The molecule has 4 heterocycles. The molecule has 0 fully saturated rings. The summed E-state index contributed by atoms with van der Waals surface area (Å²) in [5.74, 6) is 0.286. The molecule has 5 nitrogen and oxygen atoms in total. The maximum Gasteiger partial charge on any atom is 0.226 e. The van der Waals surface area contributed by atoms with Crippen LogP contribution in [0.4, 0.5) is 0 Å². The van der Waals surface area contributed by atoms with E-state index < -0.39 is 0 Å². The van der Waals surface area contributed by atoms with Crippen LogP contribution in [0.5, 0.6) is 0 Å². The molecule has 0 aliphatic carbocycles. The van der Waals surface area contributed by atoms with Crippen LogP contribution in [-0.2, 0) is 30.3 Å². The first-order valence-corrected chi connectivity index (χ1v) is 18.2. The van der Waals surface area contributed by atoms with Gasteiger partial charge in [-0.3, -0.25) is 9.78 Å². The molecule has 1 radical (unpaired) electrons. The summed E-state index contributed by atoms with van der Waals surface area (Å²) in [4.78, 5) is 22.5. The number of benzene rings is 2. The van der Waals surface area contributed by atoms with Gasteiger partial charge in [0, 0.05) is 75.6 Å². The molecule has 0 bridgehead atoms. The second kappa shape index (κ2) is 15.7. The van der Waals surface area contributed by atoms with E-state index in [-0.39, 0.29) is 47.9 Å². The van der Waals surface area contributed by atoms with Crippen molar-refractivity contribution in [2.75, 3.05) is 0 Å². The van der Waals surface area contributed by atoms with E-state index in [9.17, 15) is 9.90 Å². The maximum atomic E-state index is 12.2. The number of aromatic nitrogens is 2. The summed E-state index contributed by atoms with van der Waals surface area (Å²) in [6.45, 7) is 18.9. The van der Waals surface area contributed by atoms with Crippen molar-refractivity contribution < 1.29 is 34.4 Å². The van der Waals surface area contributed by atoms with Gasteiger partial charge in [-0.2, -0.15) is 0 Å². The van der Waals surface area contributed by atoms with Crippen molar-refractivity contribution in [2.45, 2.75) is 93.4 Å². The number of fused-ring (bicyclic) bond motifs is 3. The molecular weight excluding hydrogens is 817 g/mol. The van der Waals surface area contributed by atoms with E-state index in [1.165, 1.54) is 26.6 Å². The molecule has 7 heteroatoms. The van der Waals surface area contributed by atoms with Crippen molar-refractivity contribution in [3.63, 3.8) is 0 Å². The fraction of sp³-hybridized carbons (Fsp3) is 0.372. The van der Waals surface area contributed by atoms with E-state index in [0.717, 1.165) is 58.7 Å². The topological polar surface area (TPSA) is 76.2 Å². The molecule has 1 N–H and O–H groups in total. The van der Waals surface area contributed by atoms with Gasteiger partial charge in [0.2, 0.25) is 5.71 Å². The van der Waals surface area contributed by atoms with Gasteiger partial charge in [0.1, 0.15) is 5.76 Å². The number of allylic oxidation sites excluding steroid dienone is 2. The zero-order valence-electron chi connectivity index (χ0n) is 30.7. The van der Waals surface area contributed by atoms with Gasteiger partial charge in [-0.25, -0.2) is 4.98 Å². The molecule has 0 amide bonds. The molecule has 0 saturated heterocycles. The third-order valence-corrected chi connectivity index (χ3v) is 11.7. The number of aliphatic hydroxyl groups excluding tert-OH is 1. The minimum atomic E-state index is -0.337. The number of carbonyl (C=O) groups excluding carboxylic acids is 1. The number of pyridine rings is 2. The molecule has 4 aromatic heterocycles. The summed E-state index contributed by atoms with van der Waals surface area (Å²) in [5, 5.41) is 14.7. The molecule has 0 saturated carbocycles. The van der Waals surface area contributed by atoms with E-state index in [0.29, 0.717) is 5.71 Å². The Morgan fingerprint density at radius 1 is 0.840 bits per heavy atom. The molecule has 0 spiro atoms. The first kappa shape index (κ1) is 39.2. The minimum absolute atomic E-state index is 0. The average molecular weight is 866 g/mol. The van der Waals surface area contributed by atoms with Crippen molar-refractivity contribution in [3.05, 3.63) is 96.7 Å². The first-order valence-electron chi connectivity index (χ1n) is 17.4. The number of nitrogens with zero attached hydrogens (tertiary/aromatic N) is 2. The second-order valence-electron chi connectivity index (χ2n) is 14.5. The predicted molar refractivity (Wildman–Crippen MR) is 206 cm³/mol. The number of carbonyl (C=O) groups is 1. The zero-order valence-corrected chi connectivity index (χ0v) is 33.9. The van der Waals surface area contributed by atoms with Crippen LogP contribution in [0.3, 0.4) is 0 Å². The van der Waals surface area contributed by atoms with Crippen LogP contribution in [0.2, 0.25) is 0 Å². The second-order valence-corrected chi connectivity index (χ2v) is 15.6. The molecule has 0 aliphatic rings. The standard InChI is InChI=1S/C28H21N2OS.C15H28O2.Ir/c1-28(2,3)23-15-18(14-17-6-4-5-7-19(17)23)26-22-16-25(32-24(22)9-12-29-26)20-8-11-30-27-21(20)10-13-31-27;1-7-14(5,8-2)12(16)11-13(17)15(6,9-3)10-4;/h4-13,15-16H,1-3H3;11,16H,7-10H2,1-6H3;/q-1;;/b;12-11-;. The van der Waals surface area contributed by atoms with Crippen molar-refractivity contribution in [2.24, 2.45) is 10.8 Å². The number of ketones is 1. The predicted octanol–water partition coefficient (Wildman–Crippen LogP) is 12.7. The van der Waals surface area contributed by atoms with E-state index in [2.05, 4.69) is 80.4 Å². The Morgan fingerprint density at radius 3 is 2.16 bits per heavy atom. The molecule has 6 rings (SSSR count). The smallest absolute Gasteiger partial charge is 0.226 e. The van der Waals surface area contributed by atoms with Crippen molar-refractivity contribution >= 4 is 49.1 Å². The summed E-state index contributed by atoms with van der Waals surface area (Å²) in [6.07, 6.45) is 10.2. The molecule has 50 heavy (non-hydrogen) atoms. The Hall–Kier alpha value is -3.64. The number of aliphatic hydroxyl groups is 1. The summed E-state index contributed by atoms with van der Waals surface area (Å²) in [6, 6.07) is 22.8. The molecular formula is C43H49IrN2O3S-.